The number of aliphatic hydroxyl groups is 1. The van der Waals surface area contributed by atoms with Crippen molar-refractivity contribution < 1.29 is 5.11 Å². The third-order valence-corrected chi connectivity index (χ3v) is 5.53. The first-order valence-corrected chi connectivity index (χ1v) is 8.30. The highest BCUT2D eigenvalue weighted by Crippen LogP contribution is 2.42. The van der Waals surface area contributed by atoms with E-state index in [4.69, 9.17) is 0 Å². The molecule has 1 aliphatic rings. The van der Waals surface area contributed by atoms with E-state index in [1.807, 2.05) is 11.8 Å². The Balaban J connectivity index is 2.42. The van der Waals surface area contributed by atoms with Crippen LogP contribution in [0.25, 0.3) is 0 Å². The molecule has 1 N–H and O–H groups in total. The van der Waals surface area contributed by atoms with Crippen molar-refractivity contribution in [2.45, 2.75) is 64.9 Å². The summed E-state index contributed by atoms with van der Waals surface area (Å²) < 4.78 is 2.65. The summed E-state index contributed by atoms with van der Waals surface area (Å²) in [7, 11) is 0. The maximum atomic E-state index is 10.4. The van der Waals surface area contributed by atoms with Crippen LogP contribution in [0.15, 0.2) is 6.07 Å². The van der Waals surface area contributed by atoms with Gasteiger partial charge in [-0.25, -0.2) is 0 Å². The van der Waals surface area contributed by atoms with Crippen LogP contribution in [-0.2, 0) is 13.0 Å². The van der Waals surface area contributed by atoms with Gasteiger partial charge in [0.1, 0.15) is 0 Å². The molecular weight excluding hydrogens is 254 g/mol. The molecule has 19 heavy (non-hydrogen) atoms. The standard InChI is InChI=1S/C16H27NOS/c1-11-7-12-13(8-15(2,3)9-14(12)18)17(11)10-16(4,5)19-6/h7,14,18H,8-10H2,1-6H3. The van der Waals surface area contributed by atoms with E-state index in [0.717, 1.165) is 24.9 Å². The van der Waals surface area contributed by atoms with Crippen LogP contribution in [0.1, 0.15) is 57.2 Å². The zero-order valence-electron chi connectivity index (χ0n) is 13.1. The highest BCUT2D eigenvalue weighted by molar-refractivity contribution is 7.99. The molecule has 1 aromatic rings. The number of aromatic nitrogens is 1. The second-order valence-corrected chi connectivity index (χ2v) is 8.81. The molecule has 108 valence electrons. The van der Waals surface area contributed by atoms with Gasteiger partial charge in [0.15, 0.2) is 0 Å². The summed E-state index contributed by atoms with van der Waals surface area (Å²) in [5.41, 5.74) is 3.99. The molecule has 0 saturated carbocycles. The normalized spacial score (nSPS) is 22.4. The second kappa shape index (κ2) is 4.85. The first-order valence-electron chi connectivity index (χ1n) is 7.07. The van der Waals surface area contributed by atoms with Gasteiger partial charge >= 0.3 is 0 Å². The van der Waals surface area contributed by atoms with Crippen LogP contribution in [-0.4, -0.2) is 20.7 Å². The number of hydrogen-bond acceptors (Lipinski definition) is 2. The van der Waals surface area contributed by atoms with Crippen LogP contribution in [0.3, 0.4) is 0 Å². The molecule has 0 aliphatic heterocycles. The van der Waals surface area contributed by atoms with Gasteiger partial charge in [0.25, 0.3) is 0 Å². The fourth-order valence-electron chi connectivity index (χ4n) is 3.07. The van der Waals surface area contributed by atoms with E-state index in [1.165, 1.54) is 11.4 Å². The Labute approximate surface area is 121 Å². The molecule has 0 bridgehead atoms. The minimum atomic E-state index is -0.295. The van der Waals surface area contributed by atoms with Gasteiger partial charge in [-0.2, -0.15) is 11.8 Å². The molecule has 1 unspecified atom stereocenters. The molecule has 1 aliphatic carbocycles. The summed E-state index contributed by atoms with van der Waals surface area (Å²) >= 11 is 1.90. The zero-order chi connectivity index (χ0) is 14.4. The van der Waals surface area contributed by atoms with E-state index >= 15 is 0 Å². The predicted octanol–water partition coefficient (Wildman–Crippen LogP) is 3.94. The Hall–Kier alpha value is -0.410. The minimum Gasteiger partial charge on any atom is -0.388 e. The number of thioether (sulfide) groups is 1. The van der Waals surface area contributed by atoms with Gasteiger partial charge in [-0.15, -0.1) is 0 Å². The maximum Gasteiger partial charge on any atom is 0.0812 e. The highest BCUT2D eigenvalue weighted by atomic mass is 32.2. The topological polar surface area (TPSA) is 25.2 Å². The SMILES string of the molecule is CSC(C)(C)Cn1c(C)cc2c1CC(C)(C)CC2O. The van der Waals surface area contributed by atoms with Crippen molar-refractivity contribution >= 4 is 11.8 Å². The first-order chi connectivity index (χ1) is 8.65. The molecule has 0 aromatic carbocycles. The van der Waals surface area contributed by atoms with Crippen molar-refractivity contribution in [2.75, 3.05) is 6.26 Å². The van der Waals surface area contributed by atoms with Crippen LogP contribution in [0.4, 0.5) is 0 Å². The van der Waals surface area contributed by atoms with Gasteiger partial charge in [-0.3, -0.25) is 0 Å². The molecule has 0 amide bonds. The molecule has 2 nitrogen and oxygen atoms in total. The van der Waals surface area contributed by atoms with E-state index in [2.05, 4.69) is 51.5 Å². The Morgan fingerprint density at radius 2 is 2.11 bits per heavy atom. The summed E-state index contributed by atoms with van der Waals surface area (Å²) in [5, 5.41) is 10.4. The Morgan fingerprint density at radius 1 is 1.47 bits per heavy atom. The summed E-state index contributed by atoms with van der Waals surface area (Å²) in [5.74, 6) is 0. The second-order valence-electron chi connectivity index (χ2n) is 7.30. The number of fused-ring (bicyclic) bond motifs is 1. The Morgan fingerprint density at radius 3 is 2.68 bits per heavy atom. The molecule has 0 spiro atoms. The van der Waals surface area contributed by atoms with E-state index in [-0.39, 0.29) is 16.3 Å². The summed E-state index contributed by atoms with van der Waals surface area (Å²) in [4.78, 5) is 0. The zero-order valence-corrected chi connectivity index (χ0v) is 13.9. The number of aliphatic hydroxyl groups excluding tert-OH is 1. The molecule has 1 atom stereocenters. The van der Waals surface area contributed by atoms with E-state index in [9.17, 15) is 5.11 Å². The van der Waals surface area contributed by atoms with Crippen LogP contribution in [0, 0.1) is 12.3 Å². The quantitative estimate of drug-likeness (QED) is 0.907. The van der Waals surface area contributed by atoms with Crippen molar-refractivity contribution in [3.8, 4) is 0 Å². The monoisotopic (exact) mass is 281 g/mol. The average Bonchev–Trinajstić information content (AvgIpc) is 2.56. The van der Waals surface area contributed by atoms with Gasteiger partial charge in [0.05, 0.1) is 6.10 Å². The van der Waals surface area contributed by atoms with Crippen molar-refractivity contribution in [3.05, 3.63) is 23.0 Å². The van der Waals surface area contributed by atoms with E-state index < -0.39 is 0 Å². The van der Waals surface area contributed by atoms with Crippen LogP contribution < -0.4 is 0 Å². The lowest BCUT2D eigenvalue weighted by molar-refractivity contribution is 0.0978. The van der Waals surface area contributed by atoms with E-state index in [1.54, 1.807) is 0 Å². The number of nitrogens with zero attached hydrogens (tertiary/aromatic N) is 1. The lowest BCUT2D eigenvalue weighted by Gasteiger charge is -2.35. The van der Waals surface area contributed by atoms with Crippen LogP contribution in [0.5, 0.6) is 0 Å². The largest absolute Gasteiger partial charge is 0.388 e. The minimum absolute atomic E-state index is 0.193. The smallest absolute Gasteiger partial charge is 0.0812 e. The number of hydrogen-bond donors (Lipinski definition) is 1. The van der Waals surface area contributed by atoms with Gasteiger partial charge in [0, 0.05) is 28.2 Å². The molecular formula is C16H27NOS. The van der Waals surface area contributed by atoms with Crippen molar-refractivity contribution in [2.24, 2.45) is 5.41 Å². The fraction of sp³-hybridized carbons (Fsp3) is 0.750. The lowest BCUT2D eigenvalue weighted by atomic mass is 9.75. The highest BCUT2D eigenvalue weighted by Gasteiger charge is 2.34. The van der Waals surface area contributed by atoms with Gasteiger partial charge < -0.3 is 9.67 Å². The molecule has 0 saturated heterocycles. The van der Waals surface area contributed by atoms with E-state index in [0.29, 0.717) is 0 Å². The summed E-state index contributed by atoms with van der Waals surface area (Å²) in [6, 6.07) is 2.19. The van der Waals surface area contributed by atoms with Crippen molar-refractivity contribution in [1.29, 1.82) is 0 Å². The number of aryl methyl sites for hydroxylation is 1. The van der Waals surface area contributed by atoms with Crippen molar-refractivity contribution in [3.63, 3.8) is 0 Å². The van der Waals surface area contributed by atoms with Gasteiger partial charge in [-0.1, -0.05) is 13.8 Å². The predicted molar refractivity (Wildman–Crippen MR) is 83.8 cm³/mol. The van der Waals surface area contributed by atoms with Gasteiger partial charge in [0.2, 0.25) is 0 Å². The molecule has 2 rings (SSSR count). The molecule has 3 heteroatoms. The fourth-order valence-corrected chi connectivity index (χ4v) is 3.32. The molecule has 1 aromatic heterocycles. The molecule has 0 radical (unpaired) electrons. The molecule has 1 heterocycles. The Bertz CT molecular complexity index is 473. The summed E-state index contributed by atoms with van der Waals surface area (Å²) in [6.07, 6.45) is 3.81. The van der Waals surface area contributed by atoms with Crippen molar-refractivity contribution in [1.82, 2.24) is 4.57 Å². The summed E-state index contributed by atoms with van der Waals surface area (Å²) in [6.45, 7) is 12.3. The lowest BCUT2D eigenvalue weighted by Crippen LogP contribution is -2.30. The van der Waals surface area contributed by atoms with Gasteiger partial charge in [-0.05, 0) is 51.3 Å². The first kappa shape index (κ1) is 15.0. The third kappa shape index (κ3) is 3.03. The maximum absolute atomic E-state index is 10.4. The molecule has 0 fully saturated rings. The Kier molecular flexibility index (Phi) is 3.83. The van der Waals surface area contributed by atoms with Crippen LogP contribution in [0.2, 0.25) is 0 Å². The third-order valence-electron chi connectivity index (χ3n) is 4.29. The number of rotatable bonds is 3. The average molecular weight is 281 g/mol. The van der Waals surface area contributed by atoms with Crippen LogP contribution >= 0.6 is 11.8 Å².